The van der Waals surface area contributed by atoms with Crippen molar-refractivity contribution >= 4 is 17.6 Å². The fourth-order valence-corrected chi connectivity index (χ4v) is 3.80. The molecule has 0 saturated carbocycles. The summed E-state index contributed by atoms with van der Waals surface area (Å²) in [6.07, 6.45) is 3.55. The molecule has 0 bridgehead atoms. The highest BCUT2D eigenvalue weighted by atomic mass is 16.6. The number of carbonyl (C=O) groups excluding carboxylic acids is 1. The van der Waals surface area contributed by atoms with Gasteiger partial charge in [0.2, 0.25) is 0 Å². The van der Waals surface area contributed by atoms with E-state index in [2.05, 4.69) is 29.8 Å². The first kappa shape index (κ1) is 20.3. The number of nitrogens with zero attached hydrogens (tertiary/aromatic N) is 3. The van der Waals surface area contributed by atoms with Crippen LogP contribution in [0.2, 0.25) is 0 Å². The van der Waals surface area contributed by atoms with Gasteiger partial charge in [0.1, 0.15) is 11.4 Å². The molecule has 0 spiro atoms. The van der Waals surface area contributed by atoms with Crippen LogP contribution in [0.5, 0.6) is 0 Å². The van der Waals surface area contributed by atoms with Gasteiger partial charge in [-0.1, -0.05) is 24.3 Å². The van der Waals surface area contributed by atoms with E-state index in [4.69, 9.17) is 4.74 Å². The van der Waals surface area contributed by atoms with Crippen molar-refractivity contribution in [3.63, 3.8) is 0 Å². The largest absolute Gasteiger partial charge is 0.443 e. The number of pyridine rings is 1. The number of benzene rings is 1. The molecular formula is C23H31N3O2. The van der Waals surface area contributed by atoms with Gasteiger partial charge in [-0.3, -0.25) is 4.90 Å². The van der Waals surface area contributed by atoms with E-state index in [-0.39, 0.29) is 6.04 Å². The second-order valence-electron chi connectivity index (χ2n) is 8.56. The monoisotopic (exact) mass is 381 g/mol. The number of para-hydroxylation sites is 1. The molecule has 0 unspecified atom stereocenters. The van der Waals surface area contributed by atoms with Crippen LogP contribution < -0.4 is 4.90 Å². The fraction of sp³-hybridized carbons (Fsp3) is 0.478. The highest BCUT2D eigenvalue weighted by molar-refractivity contribution is 5.96. The van der Waals surface area contributed by atoms with E-state index in [0.717, 1.165) is 30.6 Å². The van der Waals surface area contributed by atoms with Gasteiger partial charge in [-0.15, -0.1) is 0 Å². The molecule has 5 nitrogen and oxygen atoms in total. The van der Waals surface area contributed by atoms with Crippen molar-refractivity contribution in [2.24, 2.45) is 0 Å². The highest BCUT2D eigenvalue weighted by Gasteiger charge is 2.34. The smallest absolute Gasteiger partial charge is 0.420 e. The Kier molecular flexibility index (Phi) is 6.04. The number of rotatable bonds is 4. The SMILES string of the molecule is CC(C)N1CCC[C@@H]1c1cccnc1N(C(=O)OC(C)(C)C)c1ccccc1. The molecule has 0 N–H and O–H groups in total. The summed E-state index contributed by atoms with van der Waals surface area (Å²) < 4.78 is 5.73. The van der Waals surface area contributed by atoms with E-state index in [1.165, 1.54) is 0 Å². The number of likely N-dealkylation sites (tertiary alicyclic amines) is 1. The van der Waals surface area contributed by atoms with E-state index in [1.807, 2.05) is 57.2 Å². The van der Waals surface area contributed by atoms with E-state index >= 15 is 0 Å². The standard InChI is InChI=1S/C23H31N3O2/c1-17(2)25-16-10-14-20(25)19-13-9-15-24-21(19)26(18-11-7-6-8-12-18)22(27)28-23(3,4)5/h6-9,11-13,15,17,20H,10,14,16H2,1-5H3/t20-/m1/s1. The predicted molar refractivity (Wildman–Crippen MR) is 113 cm³/mol. The maximum Gasteiger partial charge on any atom is 0.420 e. The van der Waals surface area contributed by atoms with Crippen LogP contribution in [-0.4, -0.2) is 34.2 Å². The molecule has 1 aromatic heterocycles. The minimum absolute atomic E-state index is 0.248. The third-order valence-electron chi connectivity index (χ3n) is 4.94. The van der Waals surface area contributed by atoms with E-state index in [9.17, 15) is 4.79 Å². The van der Waals surface area contributed by atoms with Gasteiger partial charge in [-0.2, -0.15) is 0 Å². The quantitative estimate of drug-likeness (QED) is 0.681. The highest BCUT2D eigenvalue weighted by Crippen LogP contribution is 2.39. The van der Waals surface area contributed by atoms with Gasteiger partial charge in [-0.25, -0.2) is 14.7 Å². The average Bonchev–Trinajstić information content (AvgIpc) is 3.12. The minimum atomic E-state index is -0.587. The molecule has 1 atom stereocenters. The van der Waals surface area contributed by atoms with Crippen molar-refractivity contribution in [2.75, 3.05) is 11.4 Å². The van der Waals surface area contributed by atoms with Crippen LogP contribution in [0.1, 0.15) is 59.1 Å². The lowest BCUT2D eigenvalue weighted by atomic mass is 10.0. The van der Waals surface area contributed by atoms with Crippen molar-refractivity contribution < 1.29 is 9.53 Å². The van der Waals surface area contributed by atoms with E-state index < -0.39 is 11.7 Å². The summed E-state index contributed by atoms with van der Waals surface area (Å²) in [5.41, 5.74) is 1.24. The van der Waals surface area contributed by atoms with Gasteiger partial charge in [-0.05, 0) is 72.2 Å². The molecule has 1 aliphatic heterocycles. The summed E-state index contributed by atoms with van der Waals surface area (Å²) in [5, 5.41) is 0. The first-order chi connectivity index (χ1) is 13.3. The van der Waals surface area contributed by atoms with E-state index in [0.29, 0.717) is 11.9 Å². The molecule has 1 fully saturated rings. The van der Waals surface area contributed by atoms with Crippen molar-refractivity contribution in [1.82, 2.24) is 9.88 Å². The lowest BCUT2D eigenvalue weighted by molar-refractivity contribution is 0.0597. The van der Waals surface area contributed by atoms with Crippen LogP contribution in [0, 0.1) is 0 Å². The van der Waals surface area contributed by atoms with E-state index in [1.54, 1.807) is 11.1 Å². The molecule has 150 valence electrons. The summed E-state index contributed by atoms with van der Waals surface area (Å²) in [6.45, 7) is 11.1. The Morgan fingerprint density at radius 2 is 1.89 bits per heavy atom. The van der Waals surface area contributed by atoms with Gasteiger partial charge < -0.3 is 4.74 Å². The van der Waals surface area contributed by atoms with Crippen LogP contribution >= 0.6 is 0 Å². The summed E-state index contributed by atoms with van der Waals surface area (Å²) >= 11 is 0. The van der Waals surface area contributed by atoms with Crippen LogP contribution in [0.15, 0.2) is 48.7 Å². The van der Waals surface area contributed by atoms with Gasteiger partial charge in [0.05, 0.1) is 5.69 Å². The topological polar surface area (TPSA) is 45.7 Å². The number of carbonyl (C=O) groups is 1. The van der Waals surface area contributed by atoms with Crippen molar-refractivity contribution in [3.05, 3.63) is 54.2 Å². The molecule has 28 heavy (non-hydrogen) atoms. The van der Waals surface area contributed by atoms with Crippen LogP contribution in [0.25, 0.3) is 0 Å². The number of anilines is 2. The third-order valence-corrected chi connectivity index (χ3v) is 4.94. The average molecular weight is 382 g/mol. The molecule has 2 aromatic rings. The second kappa shape index (κ2) is 8.31. The lowest BCUT2D eigenvalue weighted by Crippen LogP contribution is -2.36. The first-order valence-corrected chi connectivity index (χ1v) is 10.1. The number of ether oxygens (including phenoxy) is 1. The predicted octanol–water partition coefficient (Wildman–Crippen LogP) is 5.70. The minimum Gasteiger partial charge on any atom is -0.443 e. The lowest BCUT2D eigenvalue weighted by Gasteiger charge is -2.32. The first-order valence-electron chi connectivity index (χ1n) is 10.1. The maximum atomic E-state index is 13.2. The molecule has 1 amide bonds. The summed E-state index contributed by atoms with van der Waals surface area (Å²) in [5.74, 6) is 0.653. The van der Waals surface area contributed by atoms with Crippen LogP contribution in [0.4, 0.5) is 16.3 Å². The zero-order chi connectivity index (χ0) is 20.3. The van der Waals surface area contributed by atoms with Gasteiger partial charge in [0, 0.05) is 23.8 Å². The Morgan fingerprint density at radius 1 is 1.18 bits per heavy atom. The molecule has 0 radical (unpaired) electrons. The Bertz CT molecular complexity index is 799. The number of amides is 1. The molecule has 1 saturated heterocycles. The Hall–Kier alpha value is -2.40. The zero-order valence-electron chi connectivity index (χ0n) is 17.6. The van der Waals surface area contributed by atoms with Crippen LogP contribution in [-0.2, 0) is 4.74 Å². The van der Waals surface area contributed by atoms with Crippen molar-refractivity contribution in [3.8, 4) is 0 Å². The molecular weight excluding hydrogens is 350 g/mol. The van der Waals surface area contributed by atoms with Crippen molar-refractivity contribution in [2.45, 2.75) is 65.1 Å². The molecule has 1 aliphatic rings. The number of aromatic nitrogens is 1. The summed E-state index contributed by atoms with van der Waals surface area (Å²) in [6, 6.07) is 14.3. The summed E-state index contributed by atoms with van der Waals surface area (Å²) in [4.78, 5) is 21.9. The zero-order valence-corrected chi connectivity index (χ0v) is 17.6. The normalized spacial score (nSPS) is 17.7. The summed E-state index contributed by atoms with van der Waals surface area (Å²) in [7, 11) is 0. The van der Waals surface area contributed by atoms with Gasteiger partial charge in [0.15, 0.2) is 0 Å². The van der Waals surface area contributed by atoms with Crippen molar-refractivity contribution in [1.29, 1.82) is 0 Å². The fourth-order valence-electron chi connectivity index (χ4n) is 3.80. The Balaban J connectivity index is 2.07. The molecule has 1 aromatic carbocycles. The van der Waals surface area contributed by atoms with Crippen LogP contribution in [0.3, 0.4) is 0 Å². The molecule has 2 heterocycles. The molecule has 5 heteroatoms. The maximum absolute atomic E-state index is 13.2. The Labute approximate surface area is 168 Å². The van der Waals surface area contributed by atoms with Gasteiger partial charge in [0.25, 0.3) is 0 Å². The molecule has 3 rings (SSSR count). The Morgan fingerprint density at radius 3 is 2.54 bits per heavy atom. The van der Waals surface area contributed by atoms with Gasteiger partial charge >= 0.3 is 6.09 Å². The molecule has 0 aliphatic carbocycles. The number of hydrogen-bond acceptors (Lipinski definition) is 4. The second-order valence-corrected chi connectivity index (χ2v) is 8.56. The third kappa shape index (κ3) is 4.53. The number of hydrogen-bond donors (Lipinski definition) is 0.